The summed E-state index contributed by atoms with van der Waals surface area (Å²) in [5.74, 6) is 0. The van der Waals surface area contributed by atoms with Crippen molar-refractivity contribution >= 4 is 0 Å². The number of hydrogen-bond donors (Lipinski definition) is 0. The van der Waals surface area contributed by atoms with Crippen LogP contribution in [0.15, 0.2) is 12.3 Å². The molecular weight excluding hydrogens is 203 g/mol. The summed E-state index contributed by atoms with van der Waals surface area (Å²) < 4.78 is 37.8. The van der Waals surface area contributed by atoms with Gasteiger partial charge in [0.15, 0.2) is 0 Å². The molecule has 1 aromatic heterocycles. The summed E-state index contributed by atoms with van der Waals surface area (Å²) >= 11 is 0. The van der Waals surface area contributed by atoms with Crippen molar-refractivity contribution in [3.05, 3.63) is 29.1 Å². The number of halogens is 3. The monoisotopic (exact) mass is 217 g/mol. The number of alkyl halides is 3. The molecule has 4 heteroatoms. The molecule has 0 aliphatic carbocycles. The molecular formula is C11H14F3N. The molecule has 1 rings (SSSR count). The molecule has 1 aromatic rings. The van der Waals surface area contributed by atoms with E-state index in [2.05, 4.69) is 4.98 Å². The van der Waals surface area contributed by atoms with Crippen LogP contribution < -0.4 is 0 Å². The van der Waals surface area contributed by atoms with Crippen LogP contribution in [0.1, 0.15) is 37.6 Å². The maximum atomic E-state index is 12.6. The van der Waals surface area contributed by atoms with Crippen LogP contribution in [0.2, 0.25) is 0 Å². The minimum atomic E-state index is -4.30. The number of aromatic nitrogens is 1. The first-order valence-corrected chi connectivity index (χ1v) is 4.67. The molecule has 0 spiro atoms. The lowest BCUT2D eigenvalue weighted by molar-refractivity contribution is -0.138. The number of rotatable bonds is 0. The standard InChI is InChI=1S/C11H14F3N/c1-7-8(11(12,13)14)5-6-15-9(7)10(2,3)4/h5-6H,1-4H3. The quantitative estimate of drug-likeness (QED) is 0.645. The molecule has 0 saturated heterocycles. The average Bonchev–Trinajstić information content (AvgIpc) is 1.99. The topological polar surface area (TPSA) is 12.9 Å². The first kappa shape index (κ1) is 12.0. The Bertz CT molecular complexity index is 329. The molecule has 0 radical (unpaired) electrons. The highest BCUT2D eigenvalue weighted by Gasteiger charge is 2.34. The molecule has 0 fully saturated rings. The van der Waals surface area contributed by atoms with Gasteiger partial charge in [-0.1, -0.05) is 20.8 Å². The summed E-state index contributed by atoms with van der Waals surface area (Å²) in [6, 6.07) is 1.02. The van der Waals surface area contributed by atoms with Gasteiger partial charge in [0.1, 0.15) is 0 Å². The summed E-state index contributed by atoms with van der Waals surface area (Å²) in [7, 11) is 0. The molecule has 0 aromatic carbocycles. The SMILES string of the molecule is Cc1c(C(F)(F)F)ccnc1C(C)(C)C. The van der Waals surface area contributed by atoms with Crippen LogP contribution in [0.25, 0.3) is 0 Å². The normalized spacial score (nSPS) is 13.0. The maximum absolute atomic E-state index is 12.6. The molecule has 0 aliphatic rings. The van der Waals surface area contributed by atoms with Crippen LogP contribution in [-0.2, 0) is 11.6 Å². The molecule has 1 nitrogen and oxygen atoms in total. The van der Waals surface area contributed by atoms with Gasteiger partial charge < -0.3 is 0 Å². The highest BCUT2D eigenvalue weighted by atomic mass is 19.4. The number of pyridine rings is 1. The Hall–Kier alpha value is -1.06. The van der Waals surface area contributed by atoms with Gasteiger partial charge in [0, 0.05) is 17.3 Å². The van der Waals surface area contributed by atoms with E-state index in [0.717, 1.165) is 6.07 Å². The van der Waals surface area contributed by atoms with E-state index < -0.39 is 11.7 Å². The van der Waals surface area contributed by atoms with Gasteiger partial charge in [-0.3, -0.25) is 4.98 Å². The third-order valence-corrected chi connectivity index (χ3v) is 2.22. The number of nitrogens with zero attached hydrogens (tertiary/aromatic N) is 1. The molecule has 0 N–H and O–H groups in total. The van der Waals surface area contributed by atoms with Crippen LogP contribution in [0, 0.1) is 6.92 Å². The fourth-order valence-corrected chi connectivity index (χ4v) is 1.60. The summed E-state index contributed by atoms with van der Waals surface area (Å²) in [4.78, 5) is 4.02. The van der Waals surface area contributed by atoms with Gasteiger partial charge >= 0.3 is 6.18 Å². The molecule has 15 heavy (non-hydrogen) atoms. The minimum Gasteiger partial charge on any atom is -0.260 e. The van der Waals surface area contributed by atoms with E-state index in [1.807, 2.05) is 20.8 Å². The van der Waals surface area contributed by atoms with Gasteiger partial charge in [-0.25, -0.2) is 0 Å². The van der Waals surface area contributed by atoms with Gasteiger partial charge in [-0.15, -0.1) is 0 Å². The predicted molar refractivity (Wildman–Crippen MR) is 52.7 cm³/mol. The van der Waals surface area contributed by atoms with E-state index in [9.17, 15) is 13.2 Å². The smallest absolute Gasteiger partial charge is 0.260 e. The van der Waals surface area contributed by atoms with Crippen LogP contribution in [0.3, 0.4) is 0 Å². The summed E-state index contributed by atoms with van der Waals surface area (Å²) in [5.41, 5.74) is -0.247. The van der Waals surface area contributed by atoms with Crippen LogP contribution in [0.4, 0.5) is 13.2 Å². The fourth-order valence-electron chi connectivity index (χ4n) is 1.60. The van der Waals surface area contributed by atoms with Crippen molar-refractivity contribution in [2.75, 3.05) is 0 Å². The fraction of sp³-hybridized carbons (Fsp3) is 0.545. The Balaban J connectivity index is 3.37. The first-order valence-electron chi connectivity index (χ1n) is 4.67. The van der Waals surface area contributed by atoms with Crippen molar-refractivity contribution in [1.82, 2.24) is 4.98 Å². The Morgan fingerprint density at radius 1 is 1.13 bits per heavy atom. The average molecular weight is 217 g/mol. The second kappa shape index (κ2) is 3.51. The summed E-state index contributed by atoms with van der Waals surface area (Å²) in [6.45, 7) is 7.02. The van der Waals surface area contributed by atoms with E-state index in [1.54, 1.807) is 0 Å². The second-order valence-electron chi connectivity index (χ2n) is 4.58. The molecule has 0 aliphatic heterocycles. The van der Waals surface area contributed by atoms with Crippen LogP contribution in [-0.4, -0.2) is 4.98 Å². The molecule has 1 heterocycles. The molecule has 0 saturated carbocycles. The lowest BCUT2D eigenvalue weighted by atomic mass is 9.87. The van der Waals surface area contributed by atoms with Crippen molar-refractivity contribution in [2.24, 2.45) is 0 Å². The minimum absolute atomic E-state index is 0.220. The maximum Gasteiger partial charge on any atom is 0.416 e. The van der Waals surface area contributed by atoms with Gasteiger partial charge in [-0.05, 0) is 18.6 Å². The van der Waals surface area contributed by atoms with Gasteiger partial charge in [0.2, 0.25) is 0 Å². The Morgan fingerprint density at radius 3 is 2.07 bits per heavy atom. The van der Waals surface area contributed by atoms with Crippen LogP contribution in [0.5, 0.6) is 0 Å². The van der Waals surface area contributed by atoms with E-state index in [0.29, 0.717) is 5.69 Å². The summed E-state index contributed by atoms with van der Waals surface area (Å²) in [6.07, 6.45) is -3.08. The van der Waals surface area contributed by atoms with Crippen LogP contribution >= 0.6 is 0 Å². The van der Waals surface area contributed by atoms with Crippen molar-refractivity contribution in [3.8, 4) is 0 Å². The van der Waals surface area contributed by atoms with E-state index in [4.69, 9.17) is 0 Å². The van der Waals surface area contributed by atoms with Crippen molar-refractivity contribution in [1.29, 1.82) is 0 Å². The van der Waals surface area contributed by atoms with E-state index in [1.165, 1.54) is 13.1 Å². The van der Waals surface area contributed by atoms with Gasteiger partial charge in [-0.2, -0.15) is 13.2 Å². The highest BCUT2D eigenvalue weighted by molar-refractivity contribution is 5.34. The molecule has 0 amide bonds. The van der Waals surface area contributed by atoms with E-state index in [-0.39, 0.29) is 11.0 Å². The second-order valence-corrected chi connectivity index (χ2v) is 4.58. The number of hydrogen-bond acceptors (Lipinski definition) is 1. The lowest BCUT2D eigenvalue weighted by Crippen LogP contribution is -2.19. The lowest BCUT2D eigenvalue weighted by Gasteiger charge is -2.22. The molecule has 84 valence electrons. The van der Waals surface area contributed by atoms with Crippen molar-refractivity contribution < 1.29 is 13.2 Å². The summed E-state index contributed by atoms with van der Waals surface area (Å²) in [5, 5.41) is 0. The Kier molecular flexibility index (Phi) is 2.81. The Labute approximate surface area is 87.3 Å². The van der Waals surface area contributed by atoms with Crippen molar-refractivity contribution in [3.63, 3.8) is 0 Å². The largest absolute Gasteiger partial charge is 0.416 e. The first-order chi connectivity index (χ1) is 6.64. The zero-order chi connectivity index (χ0) is 11.9. The predicted octanol–water partition coefficient (Wildman–Crippen LogP) is 3.71. The zero-order valence-corrected chi connectivity index (χ0v) is 9.24. The third-order valence-electron chi connectivity index (χ3n) is 2.22. The molecule has 0 bridgehead atoms. The van der Waals surface area contributed by atoms with E-state index >= 15 is 0 Å². The Morgan fingerprint density at radius 2 is 1.67 bits per heavy atom. The van der Waals surface area contributed by atoms with Crippen molar-refractivity contribution in [2.45, 2.75) is 39.3 Å². The third kappa shape index (κ3) is 2.49. The molecule has 0 atom stereocenters. The van der Waals surface area contributed by atoms with Gasteiger partial charge in [0.05, 0.1) is 5.56 Å². The zero-order valence-electron chi connectivity index (χ0n) is 9.24. The highest BCUT2D eigenvalue weighted by Crippen LogP contribution is 2.35. The van der Waals surface area contributed by atoms with Gasteiger partial charge in [0.25, 0.3) is 0 Å². The molecule has 0 unspecified atom stereocenters.